The molecular formula is C26H28O15. The first-order chi connectivity index (χ1) is 19.4. The number of phenols is 3. The van der Waals surface area contributed by atoms with Crippen molar-refractivity contribution in [2.45, 2.75) is 62.2 Å². The molecule has 2 aliphatic heterocycles. The minimum Gasteiger partial charge on any atom is -0.507 e. The molecule has 0 unspecified atom stereocenters. The second-order valence-corrected chi connectivity index (χ2v) is 9.78. The molecular weight excluding hydrogens is 552 g/mol. The molecule has 3 heterocycles. The number of aliphatic hydroxyl groups excluding tert-OH is 6. The van der Waals surface area contributed by atoms with E-state index in [9.17, 15) is 50.8 Å². The second-order valence-electron chi connectivity index (χ2n) is 9.78. The normalized spacial score (nSPS) is 32.1. The molecule has 0 radical (unpaired) electrons. The maximum atomic E-state index is 13.7. The molecule has 2 aromatic carbocycles. The van der Waals surface area contributed by atoms with E-state index in [-0.39, 0.29) is 29.3 Å². The number of hydrogen-bond donors (Lipinski definition) is 9. The van der Waals surface area contributed by atoms with Crippen LogP contribution in [0.2, 0.25) is 0 Å². The molecule has 0 amide bonds. The van der Waals surface area contributed by atoms with Crippen molar-refractivity contribution in [3.8, 4) is 40.1 Å². The SMILES string of the molecule is C[C@@H]1O[C@@H](Oc2c(-c3ccc(O)c(O)c3)oc3cc(O[C@H]4OC[C@@H](O)[C@@H](O)[C@H]4O)cc(O)c3c2=O)[C@@H](O)[C@H](O)[C@H]1O. The zero-order valence-electron chi connectivity index (χ0n) is 21.3. The number of rotatable bonds is 5. The van der Waals surface area contributed by atoms with Crippen molar-refractivity contribution in [1.82, 2.24) is 0 Å². The molecule has 0 bridgehead atoms. The summed E-state index contributed by atoms with van der Waals surface area (Å²) in [5.74, 6) is -2.88. The predicted octanol–water partition coefficient (Wildman–Crippen LogP) is -1.40. The standard InChI is InChI=1S/C26H28O15/c1-8-17(31)20(34)22(36)26(38-8)41-24-19(33)16-13(29)5-10(39-25-21(35)18(32)14(30)7-37-25)6-15(16)40-23(24)9-2-3-11(27)12(28)4-9/h2-6,8,14,17-18,20-22,25-32,34-36H,7H2,1H3/t8-,14+,17-,18+,20+,21+,22-,25+,26-/m0/s1. The van der Waals surface area contributed by atoms with E-state index in [0.29, 0.717) is 0 Å². The largest absolute Gasteiger partial charge is 0.507 e. The van der Waals surface area contributed by atoms with Crippen LogP contribution < -0.4 is 14.9 Å². The minimum absolute atomic E-state index is 0.00203. The van der Waals surface area contributed by atoms with Gasteiger partial charge in [0, 0.05) is 17.7 Å². The van der Waals surface area contributed by atoms with Gasteiger partial charge >= 0.3 is 0 Å². The van der Waals surface area contributed by atoms with Gasteiger partial charge in [-0.1, -0.05) is 0 Å². The summed E-state index contributed by atoms with van der Waals surface area (Å²) in [6, 6.07) is 5.57. The lowest BCUT2D eigenvalue weighted by Gasteiger charge is -2.38. The van der Waals surface area contributed by atoms with E-state index in [1.54, 1.807) is 0 Å². The van der Waals surface area contributed by atoms with Crippen LogP contribution in [0.4, 0.5) is 0 Å². The third-order valence-electron chi connectivity index (χ3n) is 6.89. The average molecular weight is 580 g/mol. The Balaban J connectivity index is 1.61. The van der Waals surface area contributed by atoms with E-state index in [0.717, 1.165) is 24.3 Å². The first-order valence-electron chi connectivity index (χ1n) is 12.4. The van der Waals surface area contributed by atoms with Gasteiger partial charge in [-0.25, -0.2) is 0 Å². The summed E-state index contributed by atoms with van der Waals surface area (Å²) in [6.07, 6.45) is -13.7. The molecule has 1 aromatic heterocycles. The van der Waals surface area contributed by atoms with Gasteiger partial charge in [0.25, 0.3) is 0 Å². The van der Waals surface area contributed by atoms with Crippen LogP contribution in [0.3, 0.4) is 0 Å². The second kappa shape index (κ2) is 11.0. The summed E-state index contributed by atoms with van der Waals surface area (Å²) in [5, 5.41) is 90.5. The highest BCUT2D eigenvalue weighted by molar-refractivity contribution is 5.88. The fourth-order valence-electron chi connectivity index (χ4n) is 4.53. The maximum absolute atomic E-state index is 13.7. The van der Waals surface area contributed by atoms with Gasteiger partial charge < -0.3 is 69.3 Å². The molecule has 9 atom stereocenters. The van der Waals surface area contributed by atoms with E-state index >= 15 is 0 Å². The van der Waals surface area contributed by atoms with E-state index in [1.807, 2.05) is 0 Å². The van der Waals surface area contributed by atoms with Gasteiger partial charge in [-0.3, -0.25) is 4.79 Å². The average Bonchev–Trinajstić information content (AvgIpc) is 2.93. The first-order valence-corrected chi connectivity index (χ1v) is 12.4. The summed E-state index contributed by atoms with van der Waals surface area (Å²) in [5.41, 5.74) is -1.25. The Morgan fingerprint density at radius 2 is 1.49 bits per heavy atom. The maximum Gasteiger partial charge on any atom is 0.239 e. The van der Waals surface area contributed by atoms with Gasteiger partial charge in [-0.05, 0) is 25.1 Å². The summed E-state index contributed by atoms with van der Waals surface area (Å²) in [6.45, 7) is 1.05. The molecule has 15 nitrogen and oxygen atoms in total. The summed E-state index contributed by atoms with van der Waals surface area (Å²) >= 11 is 0. The molecule has 15 heteroatoms. The van der Waals surface area contributed by atoms with Crippen LogP contribution in [0.1, 0.15) is 6.92 Å². The van der Waals surface area contributed by atoms with Crippen LogP contribution in [0.25, 0.3) is 22.3 Å². The Kier molecular flexibility index (Phi) is 7.71. The molecule has 41 heavy (non-hydrogen) atoms. The highest BCUT2D eigenvalue weighted by Crippen LogP contribution is 2.40. The van der Waals surface area contributed by atoms with Crippen LogP contribution in [0.5, 0.6) is 28.7 Å². The third-order valence-corrected chi connectivity index (χ3v) is 6.89. The lowest BCUT2D eigenvalue weighted by Crippen LogP contribution is -2.58. The van der Waals surface area contributed by atoms with E-state index in [4.69, 9.17) is 23.4 Å². The molecule has 3 aromatic rings. The van der Waals surface area contributed by atoms with Gasteiger partial charge in [0.05, 0.1) is 12.7 Å². The lowest BCUT2D eigenvalue weighted by molar-refractivity contribution is -0.268. The Morgan fingerprint density at radius 1 is 0.780 bits per heavy atom. The number of ether oxygens (including phenoxy) is 4. The highest BCUT2D eigenvalue weighted by atomic mass is 16.7. The van der Waals surface area contributed by atoms with Crippen LogP contribution in [0.15, 0.2) is 39.5 Å². The molecule has 2 fully saturated rings. The highest BCUT2D eigenvalue weighted by Gasteiger charge is 2.44. The zero-order valence-corrected chi connectivity index (χ0v) is 21.3. The number of fused-ring (bicyclic) bond motifs is 1. The smallest absolute Gasteiger partial charge is 0.239 e. The quantitative estimate of drug-likeness (QED) is 0.157. The van der Waals surface area contributed by atoms with E-state index in [1.165, 1.54) is 13.0 Å². The van der Waals surface area contributed by atoms with Crippen molar-refractivity contribution >= 4 is 11.0 Å². The Labute approximate surface area is 230 Å². The summed E-state index contributed by atoms with van der Waals surface area (Å²) in [4.78, 5) is 13.7. The van der Waals surface area contributed by atoms with E-state index < -0.39 is 89.1 Å². The van der Waals surface area contributed by atoms with Crippen molar-refractivity contribution in [2.24, 2.45) is 0 Å². The van der Waals surface area contributed by atoms with E-state index in [2.05, 4.69) is 0 Å². The van der Waals surface area contributed by atoms with Gasteiger partial charge in [-0.15, -0.1) is 0 Å². The summed E-state index contributed by atoms with van der Waals surface area (Å²) in [7, 11) is 0. The molecule has 2 aliphatic rings. The fourth-order valence-corrected chi connectivity index (χ4v) is 4.53. The van der Waals surface area contributed by atoms with Crippen molar-refractivity contribution in [1.29, 1.82) is 0 Å². The number of phenolic OH excluding ortho intramolecular Hbond substituents is 3. The van der Waals surface area contributed by atoms with Crippen molar-refractivity contribution in [3.05, 3.63) is 40.6 Å². The zero-order chi connectivity index (χ0) is 29.7. The third kappa shape index (κ3) is 5.25. The van der Waals surface area contributed by atoms with Gasteiger partial charge in [0.15, 0.2) is 17.3 Å². The molecule has 0 saturated carbocycles. The molecule has 5 rings (SSSR count). The van der Waals surface area contributed by atoms with Crippen LogP contribution in [-0.4, -0.2) is 108 Å². The Morgan fingerprint density at radius 3 is 2.20 bits per heavy atom. The van der Waals surface area contributed by atoms with Crippen molar-refractivity contribution in [3.63, 3.8) is 0 Å². The van der Waals surface area contributed by atoms with Gasteiger partial charge in [0.1, 0.15) is 59.1 Å². The molecule has 0 spiro atoms. The van der Waals surface area contributed by atoms with Crippen LogP contribution >= 0.6 is 0 Å². The number of benzene rings is 2. The Bertz CT molecular complexity index is 1490. The van der Waals surface area contributed by atoms with Gasteiger partial charge in [0.2, 0.25) is 23.8 Å². The van der Waals surface area contributed by atoms with Gasteiger partial charge in [-0.2, -0.15) is 0 Å². The molecule has 222 valence electrons. The topological polar surface area (TPSA) is 249 Å². The predicted molar refractivity (Wildman–Crippen MR) is 134 cm³/mol. The monoisotopic (exact) mass is 580 g/mol. The number of aliphatic hydroxyl groups is 6. The number of aromatic hydroxyl groups is 3. The van der Waals surface area contributed by atoms with Crippen LogP contribution in [-0.2, 0) is 9.47 Å². The fraction of sp³-hybridized carbons (Fsp3) is 0.423. The van der Waals surface area contributed by atoms with Crippen molar-refractivity contribution < 1.29 is 69.3 Å². The Hall–Kier alpha value is -3.67. The first kappa shape index (κ1) is 28.8. The molecule has 2 saturated heterocycles. The molecule has 0 aliphatic carbocycles. The number of hydrogen-bond acceptors (Lipinski definition) is 15. The van der Waals surface area contributed by atoms with Crippen LogP contribution in [0, 0.1) is 0 Å². The molecule has 9 N–H and O–H groups in total. The lowest BCUT2D eigenvalue weighted by atomic mass is 10.00. The summed E-state index contributed by atoms with van der Waals surface area (Å²) < 4.78 is 27.7. The van der Waals surface area contributed by atoms with Crippen molar-refractivity contribution in [2.75, 3.05) is 6.61 Å². The minimum atomic E-state index is -1.81.